The molecule has 2 rings (SSSR count). The Morgan fingerprint density at radius 3 is 2.62 bits per heavy atom. The molecule has 0 spiro atoms. The van der Waals surface area contributed by atoms with Crippen LogP contribution in [0.15, 0.2) is 24.3 Å². The fourth-order valence-electron chi connectivity index (χ4n) is 2.02. The molecule has 88 valence electrons. The third-order valence-corrected chi connectivity index (χ3v) is 4.41. The molecular formula is C13H17ClOS. The normalized spacial score (nSPS) is 18.1. The van der Waals surface area contributed by atoms with E-state index in [0.717, 1.165) is 22.9 Å². The van der Waals surface area contributed by atoms with Gasteiger partial charge in [0, 0.05) is 10.4 Å². The minimum Gasteiger partial charge on any atom is -0.376 e. The van der Waals surface area contributed by atoms with E-state index in [0.29, 0.717) is 12.0 Å². The lowest BCUT2D eigenvalue weighted by Crippen LogP contribution is -2.36. The average molecular weight is 257 g/mol. The van der Waals surface area contributed by atoms with E-state index in [1.807, 2.05) is 24.3 Å². The Morgan fingerprint density at radius 1 is 1.31 bits per heavy atom. The highest BCUT2D eigenvalue weighted by molar-refractivity contribution is 7.80. The first-order valence-electron chi connectivity index (χ1n) is 5.68. The van der Waals surface area contributed by atoms with Gasteiger partial charge in [-0.3, -0.25) is 0 Å². The summed E-state index contributed by atoms with van der Waals surface area (Å²) in [6, 6.07) is 7.84. The van der Waals surface area contributed by atoms with Crippen molar-refractivity contribution >= 4 is 24.2 Å². The molecule has 1 aromatic carbocycles. The van der Waals surface area contributed by atoms with Gasteiger partial charge in [0.15, 0.2) is 0 Å². The summed E-state index contributed by atoms with van der Waals surface area (Å²) < 4.78 is 5.77. The highest BCUT2D eigenvalue weighted by atomic mass is 35.5. The van der Waals surface area contributed by atoms with Crippen LogP contribution in [0, 0.1) is 5.41 Å². The van der Waals surface area contributed by atoms with Crippen LogP contribution in [0.4, 0.5) is 0 Å². The molecule has 0 aromatic heterocycles. The van der Waals surface area contributed by atoms with E-state index >= 15 is 0 Å². The maximum atomic E-state index is 6.06. The van der Waals surface area contributed by atoms with Gasteiger partial charge in [0.25, 0.3) is 0 Å². The highest BCUT2D eigenvalue weighted by Crippen LogP contribution is 2.42. The number of hydrogen-bond acceptors (Lipinski definition) is 2. The van der Waals surface area contributed by atoms with Gasteiger partial charge in [-0.05, 0) is 30.2 Å². The number of ether oxygens (including phenoxy) is 1. The molecule has 0 N–H and O–H groups in total. The zero-order chi connectivity index (χ0) is 11.4. The first-order valence-corrected chi connectivity index (χ1v) is 6.69. The van der Waals surface area contributed by atoms with Crippen LogP contribution >= 0.6 is 24.2 Å². The Kier molecular flexibility index (Phi) is 4.17. The van der Waals surface area contributed by atoms with E-state index < -0.39 is 0 Å². The van der Waals surface area contributed by atoms with Gasteiger partial charge in [0.2, 0.25) is 0 Å². The Bertz CT molecular complexity index is 344. The third-order valence-electron chi connectivity index (χ3n) is 3.37. The fraction of sp³-hybridized carbons (Fsp3) is 0.538. The molecule has 1 fully saturated rings. The maximum Gasteiger partial charge on any atom is 0.0731 e. The molecule has 1 aliphatic rings. The number of rotatable bonds is 5. The molecule has 16 heavy (non-hydrogen) atoms. The molecule has 1 aromatic rings. The lowest BCUT2D eigenvalue weighted by molar-refractivity contribution is 0.00221. The first-order chi connectivity index (χ1) is 7.76. The topological polar surface area (TPSA) is 9.23 Å². The van der Waals surface area contributed by atoms with Crippen LogP contribution in [-0.2, 0) is 11.3 Å². The molecule has 0 saturated heterocycles. The standard InChI is InChI=1S/C13H17ClOS/c14-12-5-2-1-4-11(12)8-15-9-13(10-16)6-3-7-13/h1-2,4-5,16H,3,6-10H2. The van der Waals surface area contributed by atoms with Gasteiger partial charge in [0.1, 0.15) is 0 Å². The molecule has 1 aliphatic carbocycles. The Morgan fingerprint density at radius 2 is 2.06 bits per heavy atom. The van der Waals surface area contributed by atoms with Crippen LogP contribution in [0.2, 0.25) is 5.02 Å². The fourth-order valence-corrected chi connectivity index (χ4v) is 2.62. The number of hydrogen-bond donors (Lipinski definition) is 1. The summed E-state index contributed by atoms with van der Waals surface area (Å²) in [6.07, 6.45) is 3.81. The summed E-state index contributed by atoms with van der Waals surface area (Å²) in [7, 11) is 0. The van der Waals surface area contributed by atoms with Gasteiger partial charge in [-0.15, -0.1) is 0 Å². The van der Waals surface area contributed by atoms with Crippen LogP contribution in [0.5, 0.6) is 0 Å². The van der Waals surface area contributed by atoms with Crippen molar-refractivity contribution in [2.75, 3.05) is 12.4 Å². The van der Waals surface area contributed by atoms with Crippen LogP contribution in [0.1, 0.15) is 24.8 Å². The van der Waals surface area contributed by atoms with E-state index in [1.54, 1.807) is 0 Å². The molecular weight excluding hydrogens is 240 g/mol. The third kappa shape index (κ3) is 2.73. The second-order valence-corrected chi connectivity index (χ2v) is 5.32. The SMILES string of the molecule is SCC1(COCc2ccccc2Cl)CCC1. The second-order valence-electron chi connectivity index (χ2n) is 4.60. The summed E-state index contributed by atoms with van der Waals surface area (Å²) in [6.45, 7) is 1.41. The number of halogens is 1. The van der Waals surface area contributed by atoms with Gasteiger partial charge in [0.05, 0.1) is 13.2 Å². The molecule has 0 bridgehead atoms. The van der Waals surface area contributed by atoms with Gasteiger partial charge < -0.3 is 4.74 Å². The predicted octanol–water partition coefficient (Wildman–Crippen LogP) is 3.96. The van der Waals surface area contributed by atoms with E-state index in [9.17, 15) is 0 Å². The Labute approximate surface area is 108 Å². The van der Waals surface area contributed by atoms with Gasteiger partial charge in [-0.2, -0.15) is 12.6 Å². The molecule has 0 aliphatic heterocycles. The quantitative estimate of drug-likeness (QED) is 0.785. The van der Waals surface area contributed by atoms with Crippen molar-refractivity contribution in [2.24, 2.45) is 5.41 Å². The van der Waals surface area contributed by atoms with E-state index in [4.69, 9.17) is 16.3 Å². The lowest BCUT2D eigenvalue weighted by atomic mass is 9.71. The minimum atomic E-state index is 0.338. The largest absolute Gasteiger partial charge is 0.376 e. The molecule has 0 amide bonds. The Balaban J connectivity index is 1.82. The minimum absolute atomic E-state index is 0.338. The molecule has 0 radical (unpaired) electrons. The van der Waals surface area contributed by atoms with Gasteiger partial charge in [-0.1, -0.05) is 36.2 Å². The van der Waals surface area contributed by atoms with Crippen molar-refractivity contribution in [1.82, 2.24) is 0 Å². The van der Waals surface area contributed by atoms with Crippen molar-refractivity contribution in [3.63, 3.8) is 0 Å². The van der Waals surface area contributed by atoms with Crippen LogP contribution in [0.25, 0.3) is 0 Å². The summed E-state index contributed by atoms with van der Waals surface area (Å²) in [5, 5.41) is 0.788. The average Bonchev–Trinajstić information content (AvgIpc) is 2.25. The summed E-state index contributed by atoms with van der Waals surface area (Å²) in [5.41, 5.74) is 1.41. The molecule has 1 nitrogen and oxygen atoms in total. The first kappa shape index (κ1) is 12.3. The van der Waals surface area contributed by atoms with Crippen LogP contribution in [0.3, 0.4) is 0 Å². The van der Waals surface area contributed by atoms with Crippen molar-refractivity contribution in [3.8, 4) is 0 Å². The summed E-state index contributed by atoms with van der Waals surface area (Å²) in [4.78, 5) is 0. The monoisotopic (exact) mass is 256 g/mol. The van der Waals surface area contributed by atoms with Gasteiger partial charge in [-0.25, -0.2) is 0 Å². The smallest absolute Gasteiger partial charge is 0.0731 e. The summed E-state index contributed by atoms with van der Waals surface area (Å²) in [5.74, 6) is 0.926. The second kappa shape index (κ2) is 5.44. The number of benzene rings is 1. The van der Waals surface area contributed by atoms with Gasteiger partial charge >= 0.3 is 0 Å². The van der Waals surface area contributed by atoms with E-state index in [2.05, 4.69) is 12.6 Å². The highest BCUT2D eigenvalue weighted by Gasteiger charge is 2.35. The summed E-state index contributed by atoms with van der Waals surface area (Å²) >= 11 is 10.5. The van der Waals surface area contributed by atoms with Crippen molar-refractivity contribution in [1.29, 1.82) is 0 Å². The van der Waals surface area contributed by atoms with Crippen molar-refractivity contribution in [3.05, 3.63) is 34.9 Å². The zero-order valence-electron chi connectivity index (χ0n) is 9.29. The van der Waals surface area contributed by atoms with Crippen molar-refractivity contribution in [2.45, 2.75) is 25.9 Å². The van der Waals surface area contributed by atoms with Crippen molar-refractivity contribution < 1.29 is 4.74 Å². The Hall–Kier alpha value is -0.180. The van der Waals surface area contributed by atoms with E-state index in [1.165, 1.54) is 19.3 Å². The zero-order valence-corrected chi connectivity index (χ0v) is 10.9. The molecule has 0 atom stereocenters. The van der Waals surface area contributed by atoms with Crippen LogP contribution in [-0.4, -0.2) is 12.4 Å². The molecule has 3 heteroatoms. The van der Waals surface area contributed by atoms with E-state index in [-0.39, 0.29) is 0 Å². The van der Waals surface area contributed by atoms with Crippen LogP contribution < -0.4 is 0 Å². The maximum absolute atomic E-state index is 6.06. The predicted molar refractivity (Wildman–Crippen MR) is 71.2 cm³/mol. The number of thiol groups is 1. The lowest BCUT2D eigenvalue weighted by Gasteiger charge is -2.40. The molecule has 0 unspecified atom stereocenters. The molecule has 1 saturated carbocycles. The molecule has 0 heterocycles.